The molecule has 19 heavy (non-hydrogen) atoms. The number of rotatable bonds is 6. The monoisotopic (exact) mass is 285 g/mol. The molecule has 108 valence electrons. The number of nitrogens with zero attached hydrogens (tertiary/aromatic N) is 1. The first-order valence-corrected chi connectivity index (χ1v) is 7.74. The Morgan fingerprint density at radius 3 is 2.58 bits per heavy atom. The molecule has 0 aliphatic carbocycles. The van der Waals surface area contributed by atoms with Crippen molar-refractivity contribution in [3.05, 3.63) is 23.8 Å². The van der Waals surface area contributed by atoms with Crippen molar-refractivity contribution < 1.29 is 8.42 Å². The second kappa shape index (κ2) is 6.36. The van der Waals surface area contributed by atoms with Crippen LogP contribution in [0.25, 0.3) is 0 Å². The first-order chi connectivity index (χ1) is 8.74. The van der Waals surface area contributed by atoms with E-state index in [4.69, 9.17) is 5.73 Å². The summed E-state index contributed by atoms with van der Waals surface area (Å²) < 4.78 is 27.2. The zero-order chi connectivity index (χ0) is 14.6. The topological polar surface area (TPSA) is 75.4 Å². The molecule has 5 nitrogen and oxygen atoms in total. The number of anilines is 1. The van der Waals surface area contributed by atoms with Crippen LogP contribution in [0.2, 0.25) is 0 Å². The zero-order valence-electron chi connectivity index (χ0n) is 12.0. The second-order valence-corrected chi connectivity index (χ2v) is 6.77. The van der Waals surface area contributed by atoms with Gasteiger partial charge >= 0.3 is 0 Å². The maximum Gasteiger partial charge on any atom is 0.241 e. The van der Waals surface area contributed by atoms with Crippen LogP contribution in [0.4, 0.5) is 5.69 Å². The van der Waals surface area contributed by atoms with Gasteiger partial charge < -0.3 is 10.6 Å². The molecule has 0 aromatic heterocycles. The minimum atomic E-state index is -3.51. The van der Waals surface area contributed by atoms with Crippen LogP contribution < -0.4 is 10.5 Å². The quantitative estimate of drug-likeness (QED) is 0.770. The number of nitrogen functional groups attached to an aromatic ring is 1. The molecule has 1 rings (SSSR count). The van der Waals surface area contributed by atoms with Crippen molar-refractivity contribution in [1.29, 1.82) is 0 Å². The Kier molecular flexibility index (Phi) is 5.34. The van der Waals surface area contributed by atoms with Gasteiger partial charge in [-0.3, -0.25) is 0 Å². The Bertz CT molecular complexity index is 527. The fraction of sp³-hybridized carbons (Fsp3) is 0.538. The maximum absolute atomic E-state index is 12.3. The fourth-order valence-corrected chi connectivity index (χ4v) is 3.31. The Labute approximate surface area is 115 Å². The van der Waals surface area contributed by atoms with Gasteiger partial charge in [-0.05, 0) is 58.6 Å². The highest BCUT2D eigenvalue weighted by atomic mass is 32.2. The van der Waals surface area contributed by atoms with Gasteiger partial charge in [0.15, 0.2) is 0 Å². The van der Waals surface area contributed by atoms with Crippen LogP contribution in [0.1, 0.15) is 18.9 Å². The lowest BCUT2D eigenvalue weighted by atomic mass is 10.2. The van der Waals surface area contributed by atoms with E-state index in [0.29, 0.717) is 11.3 Å². The lowest BCUT2D eigenvalue weighted by Crippen LogP contribution is -2.35. The number of hydrogen-bond donors (Lipinski definition) is 2. The summed E-state index contributed by atoms with van der Waals surface area (Å²) in [5.41, 5.74) is 6.83. The van der Waals surface area contributed by atoms with E-state index in [0.717, 1.165) is 13.0 Å². The van der Waals surface area contributed by atoms with Crippen molar-refractivity contribution in [2.45, 2.75) is 31.2 Å². The number of benzene rings is 1. The average molecular weight is 285 g/mol. The van der Waals surface area contributed by atoms with Crippen LogP contribution in [0.3, 0.4) is 0 Å². The molecule has 0 heterocycles. The first-order valence-electron chi connectivity index (χ1n) is 6.26. The van der Waals surface area contributed by atoms with Gasteiger partial charge in [0, 0.05) is 11.7 Å². The third kappa shape index (κ3) is 4.49. The van der Waals surface area contributed by atoms with Gasteiger partial charge in [0.05, 0.1) is 4.90 Å². The summed E-state index contributed by atoms with van der Waals surface area (Å²) in [7, 11) is 0.414. The smallest absolute Gasteiger partial charge is 0.241 e. The molecule has 1 atom stereocenters. The largest absolute Gasteiger partial charge is 0.398 e. The normalized spacial score (nSPS) is 13.7. The van der Waals surface area contributed by atoms with Crippen LogP contribution in [0.15, 0.2) is 23.1 Å². The van der Waals surface area contributed by atoms with E-state index < -0.39 is 10.0 Å². The summed E-state index contributed by atoms with van der Waals surface area (Å²) in [6, 6.07) is 4.81. The highest BCUT2D eigenvalue weighted by Gasteiger charge is 2.20. The summed E-state index contributed by atoms with van der Waals surface area (Å²) in [6.07, 6.45) is 0.758. The Morgan fingerprint density at radius 2 is 2.00 bits per heavy atom. The van der Waals surface area contributed by atoms with Crippen molar-refractivity contribution in [2.75, 3.05) is 26.4 Å². The summed E-state index contributed by atoms with van der Waals surface area (Å²) in [5.74, 6) is 0. The molecule has 0 spiro atoms. The van der Waals surface area contributed by atoms with Crippen LogP contribution >= 0.6 is 0 Å². The third-order valence-corrected chi connectivity index (χ3v) is 4.72. The molecule has 1 aromatic rings. The predicted octanol–water partition coefficient (Wildman–Crippen LogP) is 1.20. The number of hydrogen-bond acceptors (Lipinski definition) is 4. The molecule has 0 radical (unpaired) electrons. The van der Waals surface area contributed by atoms with Crippen LogP contribution in [0, 0.1) is 6.92 Å². The second-order valence-electron chi connectivity index (χ2n) is 5.08. The summed E-state index contributed by atoms with van der Waals surface area (Å²) in [4.78, 5) is 2.28. The van der Waals surface area contributed by atoms with Gasteiger partial charge in [0.1, 0.15) is 0 Å². The van der Waals surface area contributed by atoms with Crippen molar-refractivity contribution in [2.24, 2.45) is 0 Å². The van der Waals surface area contributed by atoms with Gasteiger partial charge in [-0.15, -0.1) is 0 Å². The maximum atomic E-state index is 12.3. The zero-order valence-corrected chi connectivity index (χ0v) is 12.8. The molecule has 0 aliphatic rings. The fourth-order valence-electron chi connectivity index (χ4n) is 1.76. The van der Waals surface area contributed by atoms with Crippen LogP contribution in [-0.2, 0) is 10.0 Å². The highest BCUT2D eigenvalue weighted by molar-refractivity contribution is 7.89. The molecule has 1 unspecified atom stereocenters. The van der Waals surface area contributed by atoms with Gasteiger partial charge in [0.2, 0.25) is 10.0 Å². The summed E-state index contributed by atoms with van der Waals surface area (Å²) >= 11 is 0. The predicted molar refractivity (Wildman–Crippen MR) is 78.5 cm³/mol. The molecule has 6 heteroatoms. The molecule has 0 amide bonds. The Hall–Kier alpha value is -1.11. The number of nitrogens with one attached hydrogen (secondary N) is 1. The molecule has 3 N–H and O–H groups in total. The molecular weight excluding hydrogens is 262 g/mol. The van der Waals surface area contributed by atoms with E-state index in [-0.39, 0.29) is 10.9 Å². The molecule has 1 aromatic carbocycles. The summed E-state index contributed by atoms with van der Waals surface area (Å²) in [6.45, 7) is 4.41. The minimum Gasteiger partial charge on any atom is -0.398 e. The van der Waals surface area contributed by atoms with Gasteiger partial charge in [0.25, 0.3) is 0 Å². The van der Waals surface area contributed by atoms with E-state index in [1.165, 1.54) is 0 Å². The van der Waals surface area contributed by atoms with Crippen molar-refractivity contribution in [1.82, 2.24) is 9.62 Å². The minimum absolute atomic E-state index is 0.117. The number of nitrogens with two attached hydrogens (primary N) is 1. The molecule has 0 fully saturated rings. The van der Waals surface area contributed by atoms with Crippen molar-refractivity contribution in [3.63, 3.8) is 0 Å². The Balaban J connectivity index is 2.84. The lowest BCUT2D eigenvalue weighted by Gasteiger charge is -2.18. The molecule has 0 saturated heterocycles. The SMILES string of the molecule is Cc1c(N)cccc1S(=O)(=O)NC(C)CCN(C)C. The average Bonchev–Trinajstić information content (AvgIpc) is 2.29. The molecular formula is C13H23N3O2S. The number of sulfonamides is 1. The lowest BCUT2D eigenvalue weighted by molar-refractivity contribution is 0.379. The van der Waals surface area contributed by atoms with Crippen LogP contribution in [0.5, 0.6) is 0 Å². The van der Waals surface area contributed by atoms with Gasteiger partial charge in [-0.1, -0.05) is 6.07 Å². The van der Waals surface area contributed by atoms with Crippen LogP contribution in [-0.4, -0.2) is 40.0 Å². The van der Waals surface area contributed by atoms with E-state index >= 15 is 0 Å². The standard InChI is InChI=1S/C13H23N3O2S/c1-10(8-9-16(3)4)15-19(17,18)13-7-5-6-12(14)11(13)2/h5-7,10,15H,8-9,14H2,1-4H3. The van der Waals surface area contributed by atoms with E-state index in [1.807, 2.05) is 25.9 Å². The Morgan fingerprint density at radius 1 is 1.37 bits per heavy atom. The van der Waals surface area contributed by atoms with Crippen molar-refractivity contribution in [3.8, 4) is 0 Å². The third-order valence-electron chi connectivity index (χ3n) is 2.98. The van der Waals surface area contributed by atoms with E-state index in [9.17, 15) is 8.42 Å². The van der Waals surface area contributed by atoms with Gasteiger partial charge in [-0.25, -0.2) is 13.1 Å². The highest BCUT2D eigenvalue weighted by Crippen LogP contribution is 2.20. The molecule has 0 aliphatic heterocycles. The summed E-state index contributed by atoms with van der Waals surface area (Å²) in [5, 5.41) is 0. The van der Waals surface area contributed by atoms with E-state index in [1.54, 1.807) is 25.1 Å². The first kappa shape index (κ1) is 15.9. The van der Waals surface area contributed by atoms with E-state index in [2.05, 4.69) is 4.72 Å². The van der Waals surface area contributed by atoms with Crippen molar-refractivity contribution >= 4 is 15.7 Å². The van der Waals surface area contributed by atoms with Gasteiger partial charge in [-0.2, -0.15) is 0 Å². The molecule has 0 bridgehead atoms. The molecule has 0 saturated carbocycles.